The van der Waals surface area contributed by atoms with Gasteiger partial charge in [0.25, 0.3) is 5.91 Å². The number of nitrogens with zero attached hydrogens (tertiary/aromatic N) is 2. The van der Waals surface area contributed by atoms with E-state index < -0.39 is 23.5 Å². The first-order chi connectivity index (χ1) is 10.9. The lowest BCUT2D eigenvalue weighted by Crippen LogP contribution is -2.20. The summed E-state index contributed by atoms with van der Waals surface area (Å²) in [4.78, 5) is 16.0. The first-order valence-electron chi connectivity index (χ1n) is 6.78. The van der Waals surface area contributed by atoms with E-state index >= 15 is 0 Å². The lowest BCUT2D eigenvalue weighted by atomic mass is 10.2. The predicted molar refractivity (Wildman–Crippen MR) is 79.3 cm³/mol. The van der Waals surface area contributed by atoms with Gasteiger partial charge in [0.2, 0.25) is 0 Å². The predicted octanol–water partition coefficient (Wildman–Crippen LogP) is 3.91. The molecule has 3 rings (SSSR count). The maximum Gasteiger partial charge on any atom is 0.435 e. The van der Waals surface area contributed by atoms with Crippen LogP contribution in [-0.4, -0.2) is 15.3 Å². The summed E-state index contributed by atoms with van der Waals surface area (Å²) in [5.74, 6) is -0.860. The first kappa shape index (κ1) is 15.1. The van der Waals surface area contributed by atoms with Crippen molar-refractivity contribution >= 4 is 17.2 Å². The van der Waals surface area contributed by atoms with Crippen LogP contribution in [0.1, 0.15) is 21.7 Å². The summed E-state index contributed by atoms with van der Waals surface area (Å²) in [6.45, 7) is 1.73. The molecule has 0 unspecified atom stereocenters. The number of hydrogen-bond acceptors (Lipinski definition) is 2. The molecule has 0 saturated carbocycles. The van der Waals surface area contributed by atoms with Gasteiger partial charge in [-0.25, -0.2) is 4.98 Å². The zero-order chi connectivity index (χ0) is 16.6. The molecular formula is C16H12F3N3O. The number of carbonyl (C=O) groups excluding carboxylic acids is 1. The Hall–Kier alpha value is -2.83. The van der Waals surface area contributed by atoms with E-state index in [0.29, 0.717) is 5.69 Å². The number of amides is 1. The van der Waals surface area contributed by atoms with E-state index in [1.54, 1.807) is 43.3 Å². The fourth-order valence-corrected chi connectivity index (χ4v) is 2.28. The second kappa shape index (κ2) is 5.42. The van der Waals surface area contributed by atoms with Gasteiger partial charge >= 0.3 is 6.18 Å². The highest BCUT2D eigenvalue weighted by molar-refractivity contribution is 6.04. The van der Waals surface area contributed by atoms with E-state index in [2.05, 4.69) is 10.3 Å². The first-order valence-corrected chi connectivity index (χ1v) is 6.78. The Labute approximate surface area is 129 Å². The Morgan fingerprint density at radius 1 is 1.13 bits per heavy atom. The van der Waals surface area contributed by atoms with Crippen LogP contribution in [0.3, 0.4) is 0 Å². The number of benzene rings is 1. The molecule has 3 aromatic rings. The number of rotatable bonds is 2. The van der Waals surface area contributed by atoms with Crippen molar-refractivity contribution in [2.75, 3.05) is 5.32 Å². The molecule has 23 heavy (non-hydrogen) atoms. The summed E-state index contributed by atoms with van der Waals surface area (Å²) >= 11 is 0. The Morgan fingerprint density at radius 2 is 1.83 bits per heavy atom. The SMILES string of the molecule is Cc1ccc2nc(C(F)(F)F)c(C(=O)Nc3ccccc3)n2c1. The van der Waals surface area contributed by atoms with Crippen molar-refractivity contribution in [3.05, 3.63) is 65.6 Å². The average molecular weight is 319 g/mol. The van der Waals surface area contributed by atoms with Gasteiger partial charge in [0.05, 0.1) is 0 Å². The molecule has 0 fully saturated rings. The summed E-state index contributed by atoms with van der Waals surface area (Å²) in [6.07, 6.45) is -3.26. The standard InChI is InChI=1S/C16H12F3N3O/c1-10-7-8-12-21-14(16(17,18)19)13(22(12)9-10)15(23)20-11-5-3-2-4-6-11/h2-9H,1H3,(H,20,23). The van der Waals surface area contributed by atoms with Crippen LogP contribution in [0.25, 0.3) is 5.65 Å². The van der Waals surface area contributed by atoms with Crippen LogP contribution in [0, 0.1) is 6.92 Å². The average Bonchev–Trinajstić information content (AvgIpc) is 2.87. The van der Waals surface area contributed by atoms with Gasteiger partial charge in [0.1, 0.15) is 11.3 Å². The van der Waals surface area contributed by atoms with Crippen molar-refractivity contribution in [1.29, 1.82) is 0 Å². The number of halogens is 3. The maximum atomic E-state index is 13.2. The van der Waals surface area contributed by atoms with Gasteiger partial charge in [-0.05, 0) is 30.7 Å². The zero-order valence-electron chi connectivity index (χ0n) is 12.1. The van der Waals surface area contributed by atoms with Crippen LogP contribution in [0.5, 0.6) is 0 Å². The van der Waals surface area contributed by atoms with Crippen molar-refractivity contribution < 1.29 is 18.0 Å². The van der Waals surface area contributed by atoms with Gasteiger partial charge in [-0.1, -0.05) is 24.3 Å². The van der Waals surface area contributed by atoms with Crippen LogP contribution >= 0.6 is 0 Å². The van der Waals surface area contributed by atoms with Crippen LogP contribution in [0.4, 0.5) is 18.9 Å². The Morgan fingerprint density at radius 3 is 2.48 bits per heavy atom. The van der Waals surface area contributed by atoms with Crippen molar-refractivity contribution in [1.82, 2.24) is 9.38 Å². The van der Waals surface area contributed by atoms with Gasteiger partial charge in [-0.15, -0.1) is 0 Å². The Balaban J connectivity index is 2.14. The molecule has 1 amide bonds. The smallest absolute Gasteiger partial charge is 0.321 e. The summed E-state index contributed by atoms with van der Waals surface area (Å²) < 4.78 is 40.9. The van der Waals surface area contributed by atoms with Crippen molar-refractivity contribution in [3.8, 4) is 0 Å². The monoisotopic (exact) mass is 319 g/mol. The van der Waals surface area contributed by atoms with Gasteiger partial charge < -0.3 is 5.32 Å². The fraction of sp³-hybridized carbons (Fsp3) is 0.125. The summed E-state index contributed by atoms with van der Waals surface area (Å²) in [6, 6.07) is 11.4. The molecule has 0 aliphatic carbocycles. The molecule has 7 heteroatoms. The number of fused-ring (bicyclic) bond motifs is 1. The number of pyridine rings is 1. The third-order valence-corrected chi connectivity index (χ3v) is 3.28. The minimum absolute atomic E-state index is 0.0705. The van der Waals surface area contributed by atoms with Gasteiger partial charge in [-0.3, -0.25) is 9.20 Å². The number of alkyl halides is 3. The number of aromatic nitrogens is 2. The molecule has 0 atom stereocenters. The highest BCUT2D eigenvalue weighted by atomic mass is 19.4. The Kier molecular flexibility index (Phi) is 3.55. The molecule has 2 aromatic heterocycles. The molecule has 118 valence electrons. The molecule has 0 radical (unpaired) electrons. The summed E-state index contributed by atoms with van der Waals surface area (Å²) in [5.41, 5.74) is -0.525. The van der Waals surface area contributed by atoms with E-state index in [4.69, 9.17) is 0 Å². The lowest BCUT2D eigenvalue weighted by molar-refractivity contribution is -0.141. The molecule has 0 spiro atoms. The van der Waals surface area contributed by atoms with Crippen molar-refractivity contribution in [2.24, 2.45) is 0 Å². The van der Waals surface area contributed by atoms with Gasteiger partial charge in [-0.2, -0.15) is 13.2 Å². The van der Waals surface area contributed by atoms with Crippen molar-refractivity contribution in [3.63, 3.8) is 0 Å². The van der Waals surface area contributed by atoms with Crippen LogP contribution in [0.15, 0.2) is 48.7 Å². The quantitative estimate of drug-likeness (QED) is 0.778. The number of para-hydroxylation sites is 1. The number of nitrogens with one attached hydrogen (secondary N) is 1. The molecule has 2 heterocycles. The number of aryl methyl sites for hydroxylation is 1. The zero-order valence-corrected chi connectivity index (χ0v) is 12.1. The van der Waals surface area contributed by atoms with Crippen molar-refractivity contribution in [2.45, 2.75) is 13.1 Å². The topological polar surface area (TPSA) is 46.4 Å². The Bertz CT molecular complexity index is 869. The normalized spacial score (nSPS) is 11.7. The third kappa shape index (κ3) is 2.90. The molecular weight excluding hydrogens is 307 g/mol. The van der Waals surface area contributed by atoms with Gasteiger partial charge in [0, 0.05) is 11.9 Å². The number of hydrogen-bond donors (Lipinski definition) is 1. The molecule has 0 aliphatic rings. The molecule has 1 N–H and O–H groups in total. The maximum absolute atomic E-state index is 13.2. The number of anilines is 1. The largest absolute Gasteiger partial charge is 0.435 e. The van der Waals surface area contributed by atoms with E-state index in [1.807, 2.05) is 0 Å². The molecule has 4 nitrogen and oxygen atoms in total. The highest BCUT2D eigenvalue weighted by Gasteiger charge is 2.40. The van der Waals surface area contributed by atoms with Crippen LogP contribution in [-0.2, 0) is 6.18 Å². The molecule has 0 aliphatic heterocycles. The minimum Gasteiger partial charge on any atom is -0.321 e. The third-order valence-electron chi connectivity index (χ3n) is 3.28. The van der Waals surface area contributed by atoms with Gasteiger partial charge in [0.15, 0.2) is 5.69 Å². The summed E-state index contributed by atoms with van der Waals surface area (Å²) in [7, 11) is 0. The number of imidazole rings is 1. The highest BCUT2D eigenvalue weighted by Crippen LogP contribution is 2.32. The minimum atomic E-state index is -4.72. The van der Waals surface area contributed by atoms with Crippen LogP contribution < -0.4 is 5.32 Å². The number of carbonyl (C=O) groups is 1. The second-order valence-electron chi connectivity index (χ2n) is 5.06. The molecule has 0 saturated heterocycles. The van der Waals surface area contributed by atoms with Crippen LogP contribution in [0.2, 0.25) is 0 Å². The summed E-state index contributed by atoms with van der Waals surface area (Å²) in [5, 5.41) is 2.47. The lowest BCUT2D eigenvalue weighted by Gasteiger charge is -2.09. The van der Waals surface area contributed by atoms with E-state index in [-0.39, 0.29) is 5.65 Å². The van der Waals surface area contributed by atoms with E-state index in [0.717, 1.165) is 9.96 Å². The van der Waals surface area contributed by atoms with E-state index in [1.165, 1.54) is 12.3 Å². The fourth-order valence-electron chi connectivity index (χ4n) is 2.28. The van der Waals surface area contributed by atoms with E-state index in [9.17, 15) is 18.0 Å². The molecule has 1 aromatic carbocycles. The molecule has 0 bridgehead atoms. The second-order valence-corrected chi connectivity index (χ2v) is 5.06.